The maximum atomic E-state index is 11.9. The molecule has 2 N–H and O–H groups in total. The molecule has 22 heavy (non-hydrogen) atoms. The number of carboxylic acid groups (broad SMARTS) is 1. The van der Waals surface area contributed by atoms with Gasteiger partial charge in [-0.15, -0.1) is 0 Å². The number of hydrogen-bond acceptors (Lipinski definition) is 3. The zero-order valence-corrected chi connectivity index (χ0v) is 13.0. The maximum Gasteiger partial charge on any atom is 0.337 e. The molecule has 1 heterocycles. The van der Waals surface area contributed by atoms with Crippen molar-refractivity contribution >= 4 is 27.8 Å². The highest BCUT2D eigenvalue weighted by molar-refractivity contribution is 9.10. The molecule has 114 valence electrons. The van der Waals surface area contributed by atoms with Gasteiger partial charge in [0.1, 0.15) is 6.54 Å². The summed E-state index contributed by atoms with van der Waals surface area (Å²) in [6.07, 6.45) is 1.16. The van der Waals surface area contributed by atoms with Gasteiger partial charge < -0.3 is 15.0 Å². The molecule has 0 bridgehead atoms. The van der Waals surface area contributed by atoms with Gasteiger partial charge in [-0.3, -0.25) is 9.59 Å². The monoisotopic (exact) mass is 364 g/mol. The van der Waals surface area contributed by atoms with Gasteiger partial charge in [-0.2, -0.15) is 0 Å². The molecule has 1 aromatic carbocycles. The summed E-state index contributed by atoms with van der Waals surface area (Å²) >= 11 is 3.38. The fourth-order valence-corrected chi connectivity index (χ4v) is 2.25. The topological polar surface area (TPSA) is 88.4 Å². The number of hydrogen-bond donors (Lipinski definition) is 2. The third kappa shape index (κ3) is 4.05. The van der Waals surface area contributed by atoms with Crippen molar-refractivity contribution in [2.75, 3.05) is 0 Å². The van der Waals surface area contributed by atoms with Crippen LogP contribution in [0.15, 0.2) is 51.9 Å². The zero-order chi connectivity index (χ0) is 16.1. The van der Waals surface area contributed by atoms with Crippen molar-refractivity contribution in [2.24, 2.45) is 0 Å². The van der Waals surface area contributed by atoms with E-state index in [1.54, 1.807) is 0 Å². The van der Waals surface area contributed by atoms with E-state index in [4.69, 9.17) is 5.11 Å². The number of rotatable bonds is 5. The van der Waals surface area contributed by atoms with Crippen molar-refractivity contribution in [3.8, 4) is 0 Å². The first-order valence-electron chi connectivity index (χ1n) is 6.41. The molecule has 0 atom stereocenters. The van der Waals surface area contributed by atoms with E-state index in [1.165, 1.54) is 6.07 Å². The van der Waals surface area contributed by atoms with Crippen molar-refractivity contribution in [3.63, 3.8) is 0 Å². The lowest BCUT2D eigenvalue weighted by Gasteiger charge is -2.09. The van der Waals surface area contributed by atoms with E-state index in [9.17, 15) is 14.4 Å². The number of carbonyl (C=O) groups is 2. The van der Waals surface area contributed by atoms with E-state index in [0.29, 0.717) is 6.54 Å². The second-order valence-corrected chi connectivity index (χ2v) is 5.41. The van der Waals surface area contributed by atoms with Crippen molar-refractivity contribution in [1.29, 1.82) is 0 Å². The van der Waals surface area contributed by atoms with Gasteiger partial charge in [0.25, 0.3) is 5.56 Å². The van der Waals surface area contributed by atoms with Gasteiger partial charge in [-0.1, -0.05) is 34.1 Å². The molecular weight excluding hydrogens is 352 g/mol. The summed E-state index contributed by atoms with van der Waals surface area (Å²) in [5.74, 6) is -1.53. The quantitative estimate of drug-likeness (QED) is 0.843. The molecule has 0 unspecified atom stereocenters. The van der Waals surface area contributed by atoms with Crippen LogP contribution in [-0.4, -0.2) is 21.6 Å². The summed E-state index contributed by atoms with van der Waals surface area (Å²) in [5, 5.41) is 11.6. The molecule has 0 aliphatic heterocycles. The van der Waals surface area contributed by atoms with Gasteiger partial charge in [0, 0.05) is 23.3 Å². The van der Waals surface area contributed by atoms with Crippen LogP contribution in [0, 0.1) is 0 Å². The summed E-state index contributed by atoms with van der Waals surface area (Å²) in [5.41, 5.74) is 0.432. The normalized spacial score (nSPS) is 10.2. The van der Waals surface area contributed by atoms with Crippen LogP contribution in [0.5, 0.6) is 0 Å². The summed E-state index contributed by atoms with van der Waals surface area (Å²) in [7, 11) is 0. The maximum absolute atomic E-state index is 11.9. The average molecular weight is 365 g/mol. The van der Waals surface area contributed by atoms with E-state index in [2.05, 4.69) is 21.2 Å². The van der Waals surface area contributed by atoms with Crippen LogP contribution >= 0.6 is 15.9 Å². The van der Waals surface area contributed by atoms with Gasteiger partial charge >= 0.3 is 5.97 Å². The summed E-state index contributed by atoms with van der Waals surface area (Å²) in [4.78, 5) is 34.4. The first-order chi connectivity index (χ1) is 10.5. The van der Waals surface area contributed by atoms with E-state index in [0.717, 1.165) is 26.9 Å². The first-order valence-corrected chi connectivity index (χ1v) is 7.20. The van der Waals surface area contributed by atoms with Crippen LogP contribution in [0.3, 0.4) is 0 Å². The zero-order valence-electron chi connectivity index (χ0n) is 11.5. The fraction of sp³-hybridized carbons (Fsp3) is 0.133. The predicted octanol–water partition coefficient (Wildman–Crippen LogP) is 1.63. The van der Waals surface area contributed by atoms with Crippen molar-refractivity contribution in [2.45, 2.75) is 13.1 Å². The number of carbonyl (C=O) groups excluding carboxylic acids is 1. The average Bonchev–Trinajstić information content (AvgIpc) is 2.48. The molecule has 0 radical (unpaired) electrons. The van der Waals surface area contributed by atoms with Gasteiger partial charge in [0.05, 0.1) is 5.56 Å². The summed E-state index contributed by atoms with van der Waals surface area (Å²) in [6, 6.07) is 9.79. The Hall–Kier alpha value is -2.41. The van der Waals surface area contributed by atoms with Crippen LogP contribution < -0.4 is 10.9 Å². The Morgan fingerprint density at radius 3 is 2.59 bits per heavy atom. The minimum absolute atomic E-state index is 0.0433. The number of pyridine rings is 1. The predicted molar refractivity (Wildman–Crippen MR) is 83.7 cm³/mol. The standard InChI is InChI=1S/C15H13BrN2O4/c16-12-4-2-1-3-10(12)7-17-13(19)9-18-8-11(15(21)22)5-6-14(18)20/h1-6,8H,7,9H2,(H,17,19)(H,21,22). The Bertz CT molecular complexity index is 770. The van der Waals surface area contributed by atoms with Crippen molar-refractivity contribution in [1.82, 2.24) is 9.88 Å². The number of nitrogens with zero attached hydrogens (tertiary/aromatic N) is 1. The van der Waals surface area contributed by atoms with Crippen molar-refractivity contribution in [3.05, 3.63) is 68.5 Å². The van der Waals surface area contributed by atoms with Gasteiger partial charge in [-0.05, 0) is 17.7 Å². The smallest absolute Gasteiger partial charge is 0.337 e. The Kier molecular flexibility index (Phi) is 5.11. The Balaban J connectivity index is 2.03. The molecule has 0 saturated carbocycles. The Morgan fingerprint density at radius 1 is 1.18 bits per heavy atom. The van der Waals surface area contributed by atoms with E-state index in [1.807, 2.05) is 24.3 Å². The lowest BCUT2D eigenvalue weighted by Crippen LogP contribution is -2.32. The second kappa shape index (κ2) is 7.04. The molecule has 7 heteroatoms. The van der Waals surface area contributed by atoms with Gasteiger partial charge in [0.15, 0.2) is 0 Å². The SMILES string of the molecule is O=C(Cn1cc(C(=O)O)ccc1=O)NCc1ccccc1Br. The molecule has 0 fully saturated rings. The Morgan fingerprint density at radius 2 is 1.91 bits per heavy atom. The third-order valence-electron chi connectivity index (χ3n) is 2.98. The van der Waals surface area contributed by atoms with E-state index >= 15 is 0 Å². The molecule has 1 aromatic heterocycles. The van der Waals surface area contributed by atoms with E-state index < -0.39 is 11.5 Å². The fourth-order valence-electron chi connectivity index (χ4n) is 1.83. The lowest BCUT2D eigenvalue weighted by molar-refractivity contribution is -0.121. The number of aromatic nitrogens is 1. The molecule has 0 saturated heterocycles. The highest BCUT2D eigenvalue weighted by Gasteiger charge is 2.09. The highest BCUT2D eigenvalue weighted by atomic mass is 79.9. The number of carboxylic acids is 1. The van der Waals surface area contributed by atoms with Gasteiger partial charge in [-0.25, -0.2) is 4.79 Å². The van der Waals surface area contributed by atoms with E-state index in [-0.39, 0.29) is 18.0 Å². The molecule has 0 spiro atoms. The van der Waals surface area contributed by atoms with Gasteiger partial charge in [0.2, 0.25) is 5.91 Å². The molecule has 6 nitrogen and oxygen atoms in total. The second-order valence-electron chi connectivity index (χ2n) is 4.56. The number of benzene rings is 1. The third-order valence-corrected chi connectivity index (χ3v) is 3.75. The lowest BCUT2D eigenvalue weighted by atomic mass is 10.2. The molecule has 2 aromatic rings. The largest absolute Gasteiger partial charge is 0.478 e. The van der Waals surface area contributed by atoms with Crippen LogP contribution in [0.4, 0.5) is 0 Å². The number of amides is 1. The van der Waals surface area contributed by atoms with Crippen LogP contribution in [0.25, 0.3) is 0 Å². The molecule has 2 rings (SSSR count). The molecule has 0 aliphatic carbocycles. The number of aromatic carboxylic acids is 1. The minimum atomic E-state index is -1.15. The van der Waals surface area contributed by atoms with Crippen LogP contribution in [-0.2, 0) is 17.9 Å². The first kappa shape index (κ1) is 16.0. The molecule has 1 amide bonds. The minimum Gasteiger partial charge on any atom is -0.478 e. The van der Waals surface area contributed by atoms with Crippen LogP contribution in [0.2, 0.25) is 0 Å². The summed E-state index contributed by atoms with van der Waals surface area (Å²) < 4.78 is 1.94. The number of halogens is 1. The summed E-state index contributed by atoms with van der Waals surface area (Å²) in [6.45, 7) is 0.0814. The van der Waals surface area contributed by atoms with Crippen molar-refractivity contribution < 1.29 is 14.7 Å². The molecule has 0 aliphatic rings. The van der Waals surface area contributed by atoms with Crippen LogP contribution in [0.1, 0.15) is 15.9 Å². The highest BCUT2D eigenvalue weighted by Crippen LogP contribution is 2.15. The number of nitrogens with one attached hydrogen (secondary N) is 1. The Labute approximate surface area is 134 Å². The molecular formula is C15H13BrN2O4.